The number of hydrogen-bond donors (Lipinski definition) is 3. The molecule has 1 fully saturated rings. The molecule has 186 valence electrons. The molecule has 0 aliphatic heterocycles. The molecule has 2 aliphatic rings. The molecule has 8 nitrogen and oxygen atoms in total. The van der Waals surface area contributed by atoms with E-state index in [9.17, 15) is 14.4 Å². The Morgan fingerprint density at radius 1 is 0.886 bits per heavy atom. The van der Waals surface area contributed by atoms with Crippen molar-refractivity contribution in [3.63, 3.8) is 0 Å². The lowest BCUT2D eigenvalue weighted by molar-refractivity contribution is -0.123. The van der Waals surface area contributed by atoms with E-state index in [0.29, 0.717) is 19.3 Å². The summed E-state index contributed by atoms with van der Waals surface area (Å²) in [6.45, 7) is 5.50. The molecule has 0 saturated heterocycles. The lowest BCUT2D eigenvalue weighted by Crippen LogP contribution is -2.56. The molecule has 0 bridgehead atoms. The van der Waals surface area contributed by atoms with Crippen LogP contribution in [0.15, 0.2) is 48.5 Å². The molecule has 4 rings (SSSR count). The van der Waals surface area contributed by atoms with Crippen molar-refractivity contribution in [2.75, 3.05) is 6.61 Å². The predicted octanol–water partition coefficient (Wildman–Crippen LogP) is 4.07. The van der Waals surface area contributed by atoms with Crippen molar-refractivity contribution in [2.45, 2.75) is 63.6 Å². The summed E-state index contributed by atoms with van der Waals surface area (Å²) in [5.74, 6) is -0.842. The van der Waals surface area contributed by atoms with Crippen LogP contribution in [-0.4, -0.2) is 42.4 Å². The number of ether oxygens (including phenoxy) is 2. The first-order valence-corrected chi connectivity index (χ1v) is 12.0. The molecule has 0 unspecified atom stereocenters. The van der Waals surface area contributed by atoms with Crippen molar-refractivity contribution < 1.29 is 23.9 Å². The highest BCUT2D eigenvalue weighted by atomic mass is 16.6. The Bertz CT molecular complexity index is 1060. The Balaban J connectivity index is 1.40. The number of amides is 3. The standard InChI is InChI=1S/C27H33N3O5/c1-27(2,3)35-26(33)30-23-14-16(24(28)31)12-13-22(23)29-25(32)34-15-21-19-10-6-4-8-17(19)18-9-5-7-11-20(18)21/h4-11,16,21-23H,12-15H2,1-3H3,(H2,28,31)(H,29,32)(H,30,33)/t16-,22+,23+/m0/s1. The Kier molecular flexibility index (Phi) is 7.00. The second-order valence-corrected chi connectivity index (χ2v) is 10.2. The minimum absolute atomic E-state index is 0.0468. The first-order valence-electron chi connectivity index (χ1n) is 12.0. The number of carbonyl (C=O) groups is 3. The summed E-state index contributed by atoms with van der Waals surface area (Å²) in [6, 6.07) is 15.4. The SMILES string of the molecule is CC(C)(C)OC(=O)N[C@@H]1C[C@@H](C(N)=O)CC[C@H]1NC(=O)OCC1c2ccccc2-c2ccccc21. The van der Waals surface area contributed by atoms with Gasteiger partial charge in [-0.15, -0.1) is 0 Å². The van der Waals surface area contributed by atoms with Crippen LogP contribution < -0.4 is 16.4 Å². The number of fused-ring (bicyclic) bond motifs is 3. The van der Waals surface area contributed by atoms with Gasteiger partial charge < -0.3 is 25.8 Å². The molecule has 0 aromatic heterocycles. The average Bonchev–Trinajstić information content (AvgIpc) is 3.11. The van der Waals surface area contributed by atoms with Gasteiger partial charge in [0.1, 0.15) is 12.2 Å². The lowest BCUT2D eigenvalue weighted by Gasteiger charge is -2.36. The van der Waals surface area contributed by atoms with Crippen molar-refractivity contribution in [3.05, 3.63) is 59.7 Å². The summed E-state index contributed by atoms with van der Waals surface area (Å²) in [5, 5.41) is 5.68. The van der Waals surface area contributed by atoms with Crippen LogP contribution in [0.4, 0.5) is 9.59 Å². The van der Waals surface area contributed by atoms with Crippen LogP contribution >= 0.6 is 0 Å². The van der Waals surface area contributed by atoms with Gasteiger partial charge >= 0.3 is 12.2 Å². The normalized spacial score (nSPS) is 21.4. The maximum absolute atomic E-state index is 12.8. The van der Waals surface area contributed by atoms with Gasteiger partial charge in [-0.25, -0.2) is 9.59 Å². The minimum atomic E-state index is -0.669. The molecule has 0 spiro atoms. The zero-order chi connectivity index (χ0) is 25.2. The van der Waals surface area contributed by atoms with E-state index >= 15 is 0 Å². The highest BCUT2D eigenvalue weighted by Crippen LogP contribution is 2.44. The first kappa shape index (κ1) is 24.6. The van der Waals surface area contributed by atoms with Crippen LogP contribution in [0.1, 0.15) is 57.1 Å². The van der Waals surface area contributed by atoms with E-state index in [1.54, 1.807) is 20.8 Å². The van der Waals surface area contributed by atoms with Gasteiger partial charge in [-0.05, 0) is 62.3 Å². The number of nitrogens with one attached hydrogen (secondary N) is 2. The molecule has 3 amide bonds. The number of carbonyl (C=O) groups excluding carboxylic acids is 3. The molecule has 35 heavy (non-hydrogen) atoms. The summed E-state index contributed by atoms with van der Waals surface area (Å²) in [6.07, 6.45) is 0.162. The minimum Gasteiger partial charge on any atom is -0.449 e. The number of alkyl carbamates (subject to hydrolysis) is 2. The van der Waals surface area contributed by atoms with Crippen LogP contribution in [0.25, 0.3) is 11.1 Å². The van der Waals surface area contributed by atoms with Crippen molar-refractivity contribution in [1.29, 1.82) is 0 Å². The molecule has 2 aromatic carbocycles. The fourth-order valence-electron chi connectivity index (χ4n) is 5.01. The van der Waals surface area contributed by atoms with E-state index in [2.05, 4.69) is 34.9 Å². The van der Waals surface area contributed by atoms with E-state index in [4.69, 9.17) is 15.2 Å². The van der Waals surface area contributed by atoms with Gasteiger partial charge in [0.05, 0.1) is 12.1 Å². The quantitative estimate of drug-likeness (QED) is 0.597. The Labute approximate surface area is 205 Å². The van der Waals surface area contributed by atoms with Crippen LogP contribution in [-0.2, 0) is 14.3 Å². The van der Waals surface area contributed by atoms with Crippen LogP contribution in [0.2, 0.25) is 0 Å². The lowest BCUT2D eigenvalue weighted by atomic mass is 9.82. The summed E-state index contributed by atoms with van der Waals surface area (Å²) < 4.78 is 11.0. The Morgan fingerprint density at radius 3 is 2.03 bits per heavy atom. The summed E-state index contributed by atoms with van der Waals surface area (Å²) in [4.78, 5) is 36.9. The Morgan fingerprint density at radius 2 is 1.46 bits per heavy atom. The maximum Gasteiger partial charge on any atom is 0.407 e. The monoisotopic (exact) mass is 479 g/mol. The predicted molar refractivity (Wildman–Crippen MR) is 132 cm³/mol. The summed E-state index contributed by atoms with van der Waals surface area (Å²) in [7, 11) is 0. The molecule has 4 N–H and O–H groups in total. The van der Waals surface area contributed by atoms with E-state index in [-0.39, 0.29) is 18.4 Å². The van der Waals surface area contributed by atoms with Crippen molar-refractivity contribution >= 4 is 18.1 Å². The number of primary amides is 1. The number of rotatable bonds is 5. The summed E-state index contributed by atoms with van der Waals surface area (Å²) >= 11 is 0. The fraction of sp³-hybridized carbons (Fsp3) is 0.444. The van der Waals surface area contributed by atoms with E-state index in [1.165, 1.54) is 0 Å². The fourth-order valence-corrected chi connectivity index (χ4v) is 5.01. The number of nitrogens with two attached hydrogens (primary N) is 1. The molecular formula is C27H33N3O5. The summed E-state index contributed by atoms with van der Waals surface area (Å²) in [5.41, 5.74) is 9.42. The van der Waals surface area contributed by atoms with Crippen LogP contribution in [0.5, 0.6) is 0 Å². The highest BCUT2D eigenvalue weighted by molar-refractivity contribution is 5.79. The molecular weight excluding hydrogens is 446 g/mol. The van der Waals surface area contributed by atoms with Crippen LogP contribution in [0.3, 0.4) is 0 Å². The van der Waals surface area contributed by atoms with Gasteiger partial charge in [-0.3, -0.25) is 4.79 Å². The molecule has 3 atom stereocenters. The second kappa shape index (κ2) is 9.98. The molecule has 1 saturated carbocycles. The van der Waals surface area contributed by atoms with E-state index < -0.39 is 35.8 Å². The van der Waals surface area contributed by atoms with Crippen molar-refractivity contribution in [1.82, 2.24) is 10.6 Å². The van der Waals surface area contributed by atoms with Gasteiger partial charge in [0.25, 0.3) is 0 Å². The van der Waals surface area contributed by atoms with Gasteiger partial charge in [-0.1, -0.05) is 48.5 Å². The largest absolute Gasteiger partial charge is 0.449 e. The number of benzene rings is 2. The van der Waals surface area contributed by atoms with Crippen molar-refractivity contribution in [3.8, 4) is 11.1 Å². The van der Waals surface area contributed by atoms with Gasteiger partial charge in [0.2, 0.25) is 5.91 Å². The van der Waals surface area contributed by atoms with Crippen molar-refractivity contribution in [2.24, 2.45) is 11.7 Å². The third-order valence-electron chi connectivity index (χ3n) is 6.60. The van der Waals surface area contributed by atoms with E-state index in [0.717, 1.165) is 22.3 Å². The topological polar surface area (TPSA) is 120 Å². The zero-order valence-corrected chi connectivity index (χ0v) is 20.4. The third-order valence-corrected chi connectivity index (χ3v) is 6.60. The van der Waals surface area contributed by atoms with Gasteiger partial charge in [-0.2, -0.15) is 0 Å². The van der Waals surface area contributed by atoms with Gasteiger partial charge in [0.15, 0.2) is 0 Å². The Hall–Kier alpha value is -3.55. The molecule has 8 heteroatoms. The highest BCUT2D eigenvalue weighted by Gasteiger charge is 2.36. The molecule has 2 aromatic rings. The van der Waals surface area contributed by atoms with Crippen LogP contribution in [0, 0.1) is 5.92 Å². The van der Waals surface area contributed by atoms with E-state index in [1.807, 2.05) is 24.3 Å². The molecule has 0 radical (unpaired) electrons. The van der Waals surface area contributed by atoms with Gasteiger partial charge in [0, 0.05) is 11.8 Å². The molecule has 2 aliphatic carbocycles. The number of hydrogen-bond acceptors (Lipinski definition) is 5. The maximum atomic E-state index is 12.8. The average molecular weight is 480 g/mol. The molecule has 0 heterocycles. The second-order valence-electron chi connectivity index (χ2n) is 10.2. The third kappa shape index (κ3) is 5.75. The smallest absolute Gasteiger partial charge is 0.407 e. The zero-order valence-electron chi connectivity index (χ0n) is 20.4. The first-order chi connectivity index (χ1) is 16.6.